The van der Waals surface area contributed by atoms with Crippen LogP contribution in [0.2, 0.25) is 0 Å². The molecule has 0 heterocycles. The summed E-state index contributed by atoms with van der Waals surface area (Å²) in [7, 11) is 0. The van der Waals surface area contributed by atoms with Gasteiger partial charge in [0.2, 0.25) is 0 Å². The molecular formula is C15H23F2N. The number of halogens is 2. The Morgan fingerprint density at radius 3 is 2.22 bits per heavy atom. The van der Waals surface area contributed by atoms with Crippen molar-refractivity contribution in [3.8, 4) is 0 Å². The van der Waals surface area contributed by atoms with Crippen LogP contribution in [0.5, 0.6) is 0 Å². The second kappa shape index (κ2) is 6.28. The summed E-state index contributed by atoms with van der Waals surface area (Å²) in [5.74, 6) is -0.646. The van der Waals surface area contributed by atoms with E-state index in [1.54, 1.807) is 13.0 Å². The third-order valence-corrected chi connectivity index (χ3v) is 3.34. The summed E-state index contributed by atoms with van der Waals surface area (Å²) in [6.07, 6.45) is 0.945. The largest absolute Gasteiger partial charge is 0.307 e. The minimum Gasteiger partial charge on any atom is -0.307 e. The van der Waals surface area contributed by atoms with Gasteiger partial charge in [0.05, 0.1) is 0 Å². The zero-order chi connectivity index (χ0) is 13.9. The smallest absolute Gasteiger partial charge is 0.130 e. The summed E-state index contributed by atoms with van der Waals surface area (Å²) in [4.78, 5) is 0. The van der Waals surface area contributed by atoms with Gasteiger partial charge >= 0.3 is 0 Å². The van der Waals surface area contributed by atoms with Crippen molar-refractivity contribution in [1.82, 2.24) is 5.32 Å². The van der Waals surface area contributed by atoms with E-state index in [9.17, 15) is 8.78 Å². The summed E-state index contributed by atoms with van der Waals surface area (Å²) in [6.45, 7) is 9.89. The molecule has 1 rings (SSSR count). The maximum Gasteiger partial charge on any atom is 0.130 e. The van der Waals surface area contributed by atoms with Crippen LogP contribution in [-0.2, 0) is 0 Å². The van der Waals surface area contributed by atoms with E-state index in [0.717, 1.165) is 12.5 Å². The average molecular weight is 255 g/mol. The normalized spacial score (nSPS) is 14.9. The van der Waals surface area contributed by atoms with Crippen LogP contribution in [0.4, 0.5) is 8.78 Å². The standard InChI is InChI=1S/C15H23F2N/c1-6-10(4)15(18-9(2)3)12-7-11(5)13(16)8-14(12)17/h7-10,15,18H,6H2,1-5H3. The molecule has 18 heavy (non-hydrogen) atoms. The Kier molecular flexibility index (Phi) is 5.27. The molecule has 1 aromatic carbocycles. The van der Waals surface area contributed by atoms with Gasteiger partial charge in [-0.25, -0.2) is 8.78 Å². The topological polar surface area (TPSA) is 12.0 Å². The van der Waals surface area contributed by atoms with Gasteiger partial charge in [-0.15, -0.1) is 0 Å². The maximum atomic E-state index is 13.9. The summed E-state index contributed by atoms with van der Waals surface area (Å²) < 4.78 is 27.3. The molecule has 1 aromatic rings. The molecule has 0 amide bonds. The van der Waals surface area contributed by atoms with Crippen molar-refractivity contribution in [1.29, 1.82) is 0 Å². The lowest BCUT2D eigenvalue weighted by molar-refractivity contribution is 0.341. The van der Waals surface area contributed by atoms with Gasteiger partial charge in [-0.3, -0.25) is 0 Å². The molecule has 0 aromatic heterocycles. The highest BCUT2D eigenvalue weighted by Gasteiger charge is 2.22. The average Bonchev–Trinajstić information content (AvgIpc) is 2.30. The van der Waals surface area contributed by atoms with Crippen LogP contribution in [0.1, 0.15) is 51.3 Å². The van der Waals surface area contributed by atoms with Crippen LogP contribution in [0.25, 0.3) is 0 Å². The first-order chi connectivity index (χ1) is 8.36. The predicted molar refractivity (Wildman–Crippen MR) is 71.6 cm³/mol. The number of rotatable bonds is 5. The first-order valence-corrected chi connectivity index (χ1v) is 6.58. The van der Waals surface area contributed by atoms with Crippen molar-refractivity contribution in [2.24, 2.45) is 5.92 Å². The van der Waals surface area contributed by atoms with Gasteiger partial charge < -0.3 is 5.32 Å². The molecular weight excluding hydrogens is 232 g/mol. The van der Waals surface area contributed by atoms with E-state index in [2.05, 4.69) is 19.2 Å². The molecule has 0 aliphatic rings. The second-order valence-electron chi connectivity index (χ2n) is 5.31. The highest BCUT2D eigenvalue weighted by atomic mass is 19.1. The molecule has 0 aliphatic heterocycles. The van der Waals surface area contributed by atoms with Crippen LogP contribution in [0.15, 0.2) is 12.1 Å². The summed E-state index contributed by atoms with van der Waals surface area (Å²) in [6, 6.07) is 2.79. The zero-order valence-corrected chi connectivity index (χ0v) is 11.8. The Balaban J connectivity index is 3.16. The number of hydrogen-bond acceptors (Lipinski definition) is 1. The Morgan fingerprint density at radius 2 is 1.72 bits per heavy atom. The van der Waals surface area contributed by atoms with Crippen molar-refractivity contribution in [2.45, 2.75) is 53.1 Å². The van der Waals surface area contributed by atoms with Gasteiger partial charge in [0.15, 0.2) is 0 Å². The van der Waals surface area contributed by atoms with Crippen LogP contribution in [0.3, 0.4) is 0 Å². The first kappa shape index (κ1) is 15.1. The maximum absolute atomic E-state index is 13.9. The van der Waals surface area contributed by atoms with E-state index >= 15 is 0 Å². The fraction of sp³-hybridized carbons (Fsp3) is 0.600. The van der Waals surface area contributed by atoms with E-state index in [0.29, 0.717) is 17.0 Å². The van der Waals surface area contributed by atoms with Gasteiger partial charge in [-0.05, 0) is 24.5 Å². The minimum absolute atomic E-state index is 0.0747. The molecule has 0 saturated heterocycles. The Morgan fingerprint density at radius 1 is 1.11 bits per heavy atom. The lowest BCUT2D eigenvalue weighted by Crippen LogP contribution is -2.33. The molecule has 0 aliphatic carbocycles. The fourth-order valence-electron chi connectivity index (χ4n) is 2.07. The van der Waals surface area contributed by atoms with Crippen LogP contribution in [-0.4, -0.2) is 6.04 Å². The van der Waals surface area contributed by atoms with Crippen molar-refractivity contribution in [3.05, 3.63) is 34.9 Å². The fourth-order valence-corrected chi connectivity index (χ4v) is 2.07. The van der Waals surface area contributed by atoms with Crippen molar-refractivity contribution >= 4 is 0 Å². The molecule has 0 spiro atoms. The second-order valence-corrected chi connectivity index (χ2v) is 5.31. The van der Waals surface area contributed by atoms with E-state index in [1.165, 1.54) is 0 Å². The van der Waals surface area contributed by atoms with Crippen LogP contribution >= 0.6 is 0 Å². The molecule has 0 fully saturated rings. The third kappa shape index (κ3) is 3.52. The quantitative estimate of drug-likeness (QED) is 0.824. The van der Waals surface area contributed by atoms with Gasteiger partial charge in [0.25, 0.3) is 0 Å². The number of aryl methyl sites for hydroxylation is 1. The van der Waals surface area contributed by atoms with E-state index in [-0.39, 0.29) is 12.1 Å². The molecule has 102 valence electrons. The van der Waals surface area contributed by atoms with Crippen molar-refractivity contribution in [2.75, 3.05) is 0 Å². The third-order valence-electron chi connectivity index (χ3n) is 3.34. The molecule has 1 nitrogen and oxygen atoms in total. The monoisotopic (exact) mass is 255 g/mol. The lowest BCUT2D eigenvalue weighted by Gasteiger charge is -2.27. The highest BCUT2D eigenvalue weighted by Crippen LogP contribution is 2.28. The molecule has 2 unspecified atom stereocenters. The minimum atomic E-state index is -0.483. The van der Waals surface area contributed by atoms with Crippen LogP contribution in [0, 0.1) is 24.5 Å². The zero-order valence-electron chi connectivity index (χ0n) is 11.8. The van der Waals surface area contributed by atoms with Crippen LogP contribution < -0.4 is 5.32 Å². The summed E-state index contributed by atoms with van der Waals surface area (Å²) in [5, 5.41) is 3.37. The Hall–Kier alpha value is -0.960. The highest BCUT2D eigenvalue weighted by molar-refractivity contribution is 5.28. The predicted octanol–water partition coefficient (Wildman–Crippen LogP) is 4.36. The summed E-state index contributed by atoms with van der Waals surface area (Å²) >= 11 is 0. The van der Waals surface area contributed by atoms with E-state index in [1.807, 2.05) is 13.8 Å². The van der Waals surface area contributed by atoms with E-state index < -0.39 is 11.6 Å². The molecule has 0 saturated carbocycles. The molecule has 2 atom stereocenters. The van der Waals surface area contributed by atoms with E-state index in [4.69, 9.17) is 0 Å². The van der Waals surface area contributed by atoms with Gasteiger partial charge in [0.1, 0.15) is 11.6 Å². The molecule has 3 heteroatoms. The lowest BCUT2D eigenvalue weighted by atomic mass is 9.90. The van der Waals surface area contributed by atoms with Crippen molar-refractivity contribution in [3.63, 3.8) is 0 Å². The number of benzene rings is 1. The SMILES string of the molecule is CCC(C)C(NC(C)C)c1cc(C)c(F)cc1F. The molecule has 0 radical (unpaired) electrons. The first-order valence-electron chi connectivity index (χ1n) is 6.58. The van der Waals surface area contributed by atoms with Gasteiger partial charge in [-0.2, -0.15) is 0 Å². The van der Waals surface area contributed by atoms with Gasteiger partial charge in [-0.1, -0.05) is 34.1 Å². The van der Waals surface area contributed by atoms with Gasteiger partial charge in [0, 0.05) is 23.7 Å². The molecule has 0 bridgehead atoms. The number of nitrogens with one attached hydrogen (secondary N) is 1. The number of hydrogen-bond donors (Lipinski definition) is 1. The van der Waals surface area contributed by atoms with Crippen molar-refractivity contribution < 1.29 is 8.78 Å². The summed E-state index contributed by atoms with van der Waals surface area (Å²) in [5.41, 5.74) is 1.06. The Bertz CT molecular complexity index is 402. The Labute approximate surface area is 109 Å². The molecule has 1 N–H and O–H groups in total.